The van der Waals surface area contributed by atoms with Crippen LogP contribution in [0, 0.1) is 21.4 Å². The highest BCUT2D eigenvalue weighted by Crippen LogP contribution is 2.45. The first-order valence-electron chi connectivity index (χ1n) is 9.91. The van der Waals surface area contributed by atoms with Crippen molar-refractivity contribution in [3.05, 3.63) is 92.0 Å². The molecule has 2 aromatic rings. The number of amides is 1. The topological polar surface area (TPSA) is 148 Å². The van der Waals surface area contributed by atoms with E-state index in [0.717, 1.165) is 11.8 Å². The predicted molar refractivity (Wildman–Crippen MR) is 123 cm³/mol. The number of para-hydroxylation sites is 1. The fourth-order valence-corrected chi connectivity index (χ4v) is 4.29. The Hall–Kier alpha value is -4.10. The number of benzene rings is 2. The fraction of sp³-hybridized carbons (Fsp3) is 0.174. The van der Waals surface area contributed by atoms with Crippen LogP contribution in [0.4, 0.5) is 5.69 Å². The zero-order valence-electron chi connectivity index (χ0n) is 17.6. The van der Waals surface area contributed by atoms with E-state index in [1.807, 2.05) is 0 Å². The lowest BCUT2D eigenvalue weighted by Gasteiger charge is -2.30. The van der Waals surface area contributed by atoms with Gasteiger partial charge in [-0.1, -0.05) is 60.3 Å². The number of thioether (sulfide) groups is 1. The third-order valence-corrected chi connectivity index (χ3v) is 5.85. The lowest BCUT2D eigenvalue weighted by atomic mass is 9.80. The van der Waals surface area contributed by atoms with E-state index < -0.39 is 22.7 Å². The van der Waals surface area contributed by atoms with Crippen LogP contribution >= 0.6 is 11.8 Å². The number of ether oxygens (including phenoxy) is 1. The molecule has 10 heteroatoms. The average Bonchev–Trinajstić information content (AvgIpc) is 2.82. The van der Waals surface area contributed by atoms with Crippen LogP contribution in [0.2, 0.25) is 0 Å². The summed E-state index contributed by atoms with van der Waals surface area (Å²) < 4.78 is 5.29. The molecule has 0 fully saturated rings. The summed E-state index contributed by atoms with van der Waals surface area (Å²) in [6, 6.07) is 16.8. The summed E-state index contributed by atoms with van der Waals surface area (Å²) in [5, 5.41) is 25.2. The van der Waals surface area contributed by atoms with Crippen LogP contribution in [-0.4, -0.2) is 29.2 Å². The molecule has 3 N–H and O–H groups in total. The largest absolute Gasteiger partial charge is 0.463 e. The molecule has 33 heavy (non-hydrogen) atoms. The molecular formula is C23H20N4O5S. The number of nitrogens with zero attached hydrogens (tertiary/aromatic N) is 2. The van der Waals surface area contributed by atoms with Gasteiger partial charge < -0.3 is 15.8 Å². The third-order valence-electron chi connectivity index (χ3n) is 4.81. The maximum absolute atomic E-state index is 13.2. The van der Waals surface area contributed by atoms with Gasteiger partial charge in [-0.25, -0.2) is 4.79 Å². The molecule has 2 aromatic carbocycles. The SMILES string of the molecule is CCOC(=O)C1=C(c2ccccc2)NC(SCC(N)=O)=C(C#N)[C@H]1c1ccccc1[N+](=O)[O-]. The number of nitriles is 1. The monoisotopic (exact) mass is 464 g/mol. The minimum absolute atomic E-state index is 0.0540. The highest BCUT2D eigenvalue weighted by molar-refractivity contribution is 8.03. The van der Waals surface area contributed by atoms with E-state index in [9.17, 15) is 25.0 Å². The van der Waals surface area contributed by atoms with Crippen LogP contribution in [0.25, 0.3) is 5.70 Å². The second kappa shape index (κ2) is 10.5. The first kappa shape index (κ1) is 23.6. The molecule has 0 aromatic heterocycles. The van der Waals surface area contributed by atoms with Gasteiger partial charge >= 0.3 is 5.97 Å². The van der Waals surface area contributed by atoms with Gasteiger partial charge in [0.25, 0.3) is 5.69 Å². The zero-order valence-corrected chi connectivity index (χ0v) is 18.4. The molecular weight excluding hydrogens is 444 g/mol. The Morgan fingerprint density at radius 3 is 2.48 bits per heavy atom. The van der Waals surface area contributed by atoms with E-state index in [-0.39, 0.29) is 39.8 Å². The number of nitrogens with two attached hydrogens (primary N) is 1. The Labute approximate surface area is 194 Å². The summed E-state index contributed by atoms with van der Waals surface area (Å²) >= 11 is 0.992. The van der Waals surface area contributed by atoms with Crippen molar-refractivity contribution >= 4 is 35.0 Å². The summed E-state index contributed by atoms with van der Waals surface area (Å²) in [5.74, 6) is -2.54. The van der Waals surface area contributed by atoms with Crippen molar-refractivity contribution in [2.75, 3.05) is 12.4 Å². The molecule has 0 unspecified atom stereocenters. The van der Waals surface area contributed by atoms with E-state index in [0.29, 0.717) is 11.3 Å². The molecule has 0 bridgehead atoms. The number of hydrogen-bond donors (Lipinski definition) is 2. The Bertz CT molecular complexity index is 1200. The molecule has 1 aliphatic heterocycles. The number of nitro groups is 1. The normalized spacial score (nSPS) is 15.5. The minimum atomic E-state index is -1.09. The molecule has 168 valence electrons. The fourth-order valence-electron chi connectivity index (χ4n) is 3.51. The van der Waals surface area contributed by atoms with Gasteiger partial charge in [-0.3, -0.25) is 14.9 Å². The molecule has 3 rings (SSSR count). The number of carbonyl (C=O) groups is 2. The Morgan fingerprint density at radius 1 is 1.21 bits per heavy atom. The summed E-state index contributed by atoms with van der Waals surface area (Å²) in [7, 11) is 0. The number of esters is 1. The van der Waals surface area contributed by atoms with Crippen LogP contribution in [0.5, 0.6) is 0 Å². The Morgan fingerprint density at radius 2 is 1.88 bits per heavy atom. The molecule has 0 saturated carbocycles. The van der Waals surface area contributed by atoms with Gasteiger partial charge in [-0.05, 0) is 12.5 Å². The number of allylic oxidation sites excluding steroid dienone is 1. The standard InChI is InChI=1S/C23H20N4O5S/c1-2-32-23(29)20-19(15-10-6-7-11-17(15)27(30)31)16(12-24)22(33-13-18(25)28)26-21(20)14-8-4-3-5-9-14/h3-11,19,26H,2,13H2,1H3,(H2,25,28)/t19-/m1/s1. The number of nitro benzene ring substituents is 1. The third kappa shape index (κ3) is 5.05. The maximum atomic E-state index is 13.2. The molecule has 0 saturated heterocycles. The molecule has 0 radical (unpaired) electrons. The van der Waals surface area contributed by atoms with E-state index in [1.165, 1.54) is 18.2 Å². The van der Waals surface area contributed by atoms with Crippen LogP contribution in [0.15, 0.2) is 70.8 Å². The van der Waals surface area contributed by atoms with Gasteiger partial charge in [0.05, 0.1) is 51.1 Å². The molecule has 1 aliphatic rings. The van der Waals surface area contributed by atoms with Crippen molar-refractivity contribution in [2.45, 2.75) is 12.8 Å². The van der Waals surface area contributed by atoms with Gasteiger partial charge in [0, 0.05) is 11.6 Å². The van der Waals surface area contributed by atoms with Crippen molar-refractivity contribution in [1.82, 2.24) is 5.32 Å². The number of dihydropyridines is 1. The van der Waals surface area contributed by atoms with Gasteiger partial charge in [0.15, 0.2) is 0 Å². The number of carbonyl (C=O) groups excluding carboxylic acids is 2. The Kier molecular flexibility index (Phi) is 7.48. The van der Waals surface area contributed by atoms with Crippen molar-refractivity contribution in [1.29, 1.82) is 5.26 Å². The van der Waals surface area contributed by atoms with Crippen LogP contribution in [0.3, 0.4) is 0 Å². The highest BCUT2D eigenvalue weighted by Gasteiger charge is 2.40. The first-order chi connectivity index (χ1) is 15.9. The van der Waals surface area contributed by atoms with E-state index >= 15 is 0 Å². The number of rotatable bonds is 8. The van der Waals surface area contributed by atoms with Crippen LogP contribution < -0.4 is 11.1 Å². The van der Waals surface area contributed by atoms with Crippen molar-refractivity contribution in [3.8, 4) is 6.07 Å². The van der Waals surface area contributed by atoms with Crippen LogP contribution in [-0.2, 0) is 14.3 Å². The van der Waals surface area contributed by atoms with Crippen LogP contribution in [0.1, 0.15) is 24.0 Å². The lowest BCUT2D eigenvalue weighted by molar-refractivity contribution is -0.385. The smallest absolute Gasteiger partial charge is 0.337 e. The summed E-state index contributed by atoms with van der Waals surface area (Å²) in [6.07, 6.45) is 0. The molecule has 1 atom stereocenters. The molecule has 0 spiro atoms. The lowest BCUT2D eigenvalue weighted by Crippen LogP contribution is -2.30. The van der Waals surface area contributed by atoms with Crippen molar-refractivity contribution < 1.29 is 19.2 Å². The van der Waals surface area contributed by atoms with Gasteiger partial charge in [0.1, 0.15) is 0 Å². The van der Waals surface area contributed by atoms with Gasteiger partial charge in [-0.15, -0.1) is 0 Å². The molecule has 9 nitrogen and oxygen atoms in total. The highest BCUT2D eigenvalue weighted by atomic mass is 32.2. The predicted octanol–water partition coefficient (Wildman–Crippen LogP) is 3.21. The van der Waals surface area contributed by atoms with Crippen molar-refractivity contribution in [2.24, 2.45) is 5.73 Å². The molecule has 1 heterocycles. The second-order valence-electron chi connectivity index (χ2n) is 6.86. The first-order valence-corrected chi connectivity index (χ1v) is 10.9. The van der Waals surface area contributed by atoms with E-state index in [1.54, 1.807) is 43.3 Å². The minimum Gasteiger partial charge on any atom is -0.463 e. The summed E-state index contributed by atoms with van der Waals surface area (Å²) in [5.41, 5.74) is 6.28. The zero-order chi connectivity index (χ0) is 24.0. The summed E-state index contributed by atoms with van der Waals surface area (Å²) in [6.45, 7) is 1.72. The van der Waals surface area contributed by atoms with E-state index in [2.05, 4.69) is 11.4 Å². The number of nitrogens with one attached hydrogen (secondary N) is 1. The number of primary amides is 1. The van der Waals surface area contributed by atoms with E-state index in [4.69, 9.17) is 10.5 Å². The van der Waals surface area contributed by atoms with Crippen molar-refractivity contribution in [3.63, 3.8) is 0 Å². The summed E-state index contributed by atoms with van der Waals surface area (Å²) in [4.78, 5) is 35.9. The maximum Gasteiger partial charge on any atom is 0.337 e. The van der Waals surface area contributed by atoms with Gasteiger partial charge in [-0.2, -0.15) is 5.26 Å². The average molecular weight is 465 g/mol. The molecule has 0 aliphatic carbocycles. The second-order valence-corrected chi connectivity index (χ2v) is 7.84. The van der Waals surface area contributed by atoms with Gasteiger partial charge in [0.2, 0.25) is 5.91 Å². The quantitative estimate of drug-likeness (QED) is 0.344. The number of hydrogen-bond acceptors (Lipinski definition) is 8. The Balaban J connectivity index is 2.36. The molecule has 1 amide bonds.